The van der Waals surface area contributed by atoms with E-state index in [1.165, 1.54) is 0 Å². The molecular formula is C8H18N2O. The Morgan fingerprint density at radius 1 is 1.09 bits per heavy atom. The molecule has 3 nitrogen and oxygen atoms in total. The van der Waals surface area contributed by atoms with Crippen LogP contribution in [0.15, 0.2) is 0 Å². The molecule has 11 heavy (non-hydrogen) atoms. The highest BCUT2D eigenvalue weighted by Crippen LogP contribution is 2.18. The molecule has 1 unspecified atom stereocenters. The minimum absolute atomic E-state index is 0.1000. The first-order valence-corrected chi connectivity index (χ1v) is 4.30. The van der Waals surface area contributed by atoms with Gasteiger partial charge in [0, 0.05) is 12.1 Å². The highest BCUT2D eigenvalue weighted by molar-refractivity contribution is 4.87. The summed E-state index contributed by atoms with van der Waals surface area (Å²) in [5.41, 5.74) is 0. The van der Waals surface area contributed by atoms with Crippen molar-refractivity contribution in [2.75, 3.05) is 14.1 Å². The second-order valence-corrected chi connectivity index (χ2v) is 3.26. The van der Waals surface area contributed by atoms with Gasteiger partial charge in [-0.2, -0.15) is 0 Å². The van der Waals surface area contributed by atoms with Crippen LogP contribution < -0.4 is 10.6 Å². The maximum Gasteiger partial charge on any atom is 0.0556 e. The van der Waals surface area contributed by atoms with Gasteiger partial charge in [-0.25, -0.2) is 0 Å². The zero-order valence-electron chi connectivity index (χ0n) is 7.30. The minimum Gasteiger partial charge on any atom is -0.393 e. The Morgan fingerprint density at radius 3 is 2.27 bits per heavy atom. The van der Waals surface area contributed by atoms with Crippen molar-refractivity contribution in [3.63, 3.8) is 0 Å². The molecule has 0 aromatic rings. The van der Waals surface area contributed by atoms with Crippen molar-refractivity contribution < 1.29 is 5.11 Å². The lowest BCUT2D eigenvalue weighted by molar-refractivity contribution is 0.0986. The Kier molecular flexibility index (Phi) is 3.30. The third-order valence-corrected chi connectivity index (χ3v) is 2.56. The standard InChI is InChI=1S/C8H18N2O/c1-9-7-4-3-6(11)5-8(7)10-2/h6-11H,3-5H2,1-2H3/t6?,7-,8+/m0/s1. The predicted molar refractivity (Wildman–Crippen MR) is 45.6 cm³/mol. The first-order valence-electron chi connectivity index (χ1n) is 4.30. The number of aliphatic hydroxyl groups is 1. The monoisotopic (exact) mass is 158 g/mol. The SMILES string of the molecule is CN[C@H]1CCC(O)C[C@H]1NC. The predicted octanol–water partition coefficient (Wildman–Crippen LogP) is -0.293. The Bertz CT molecular complexity index is 119. The molecule has 1 aliphatic carbocycles. The lowest BCUT2D eigenvalue weighted by Crippen LogP contribution is -2.50. The van der Waals surface area contributed by atoms with Gasteiger partial charge in [0.15, 0.2) is 0 Å². The van der Waals surface area contributed by atoms with Crippen LogP contribution in [0, 0.1) is 0 Å². The van der Waals surface area contributed by atoms with Crippen LogP contribution in [0.25, 0.3) is 0 Å². The van der Waals surface area contributed by atoms with Crippen molar-refractivity contribution in [3.8, 4) is 0 Å². The fraction of sp³-hybridized carbons (Fsp3) is 1.00. The highest BCUT2D eigenvalue weighted by Gasteiger charge is 2.26. The summed E-state index contributed by atoms with van der Waals surface area (Å²) in [6, 6.07) is 0.965. The molecule has 66 valence electrons. The fourth-order valence-electron chi connectivity index (χ4n) is 1.81. The summed E-state index contributed by atoms with van der Waals surface area (Å²) < 4.78 is 0. The van der Waals surface area contributed by atoms with Gasteiger partial charge in [-0.3, -0.25) is 0 Å². The molecule has 0 spiro atoms. The molecule has 0 amide bonds. The average molecular weight is 158 g/mol. The molecule has 1 saturated carbocycles. The molecule has 3 heteroatoms. The molecule has 0 bridgehead atoms. The van der Waals surface area contributed by atoms with E-state index < -0.39 is 0 Å². The van der Waals surface area contributed by atoms with E-state index >= 15 is 0 Å². The number of nitrogens with one attached hydrogen (secondary N) is 2. The molecule has 0 radical (unpaired) electrons. The number of rotatable bonds is 2. The van der Waals surface area contributed by atoms with Gasteiger partial charge in [-0.15, -0.1) is 0 Å². The Labute approximate surface area is 68.2 Å². The van der Waals surface area contributed by atoms with E-state index in [1.54, 1.807) is 0 Å². The van der Waals surface area contributed by atoms with Gasteiger partial charge in [-0.05, 0) is 33.4 Å². The molecular weight excluding hydrogens is 140 g/mol. The summed E-state index contributed by atoms with van der Waals surface area (Å²) in [4.78, 5) is 0. The molecule has 3 N–H and O–H groups in total. The van der Waals surface area contributed by atoms with Crippen molar-refractivity contribution in [1.29, 1.82) is 0 Å². The van der Waals surface area contributed by atoms with Gasteiger partial charge in [0.1, 0.15) is 0 Å². The largest absolute Gasteiger partial charge is 0.393 e. The normalized spacial score (nSPS) is 39.0. The van der Waals surface area contributed by atoms with Gasteiger partial charge in [0.25, 0.3) is 0 Å². The summed E-state index contributed by atoms with van der Waals surface area (Å²) in [5, 5.41) is 15.8. The van der Waals surface area contributed by atoms with Gasteiger partial charge in [-0.1, -0.05) is 0 Å². The Balaban J connectivity index is 2.41. The number of aliphatic hydroxyl groups excluding tert-OH is 1. The minimum atomic E-state index is -0.1000. The molecule has 1 fully saturated rings. The summed E-state index contributed by atoms with van der Waals surface area (Å²) in [5.74, 6) is 0. The zero-order valence-corrected chi connectivity index (χ0v) is 7.30. The van der Waals surface area contributed by atoms with Crippen molar-refractivity contribution in [2.45, 2.75) is 37.5 Å². The molecule has 0 aromatic heterocycles. The molecule has 0 heterocycles. The van der Waals surface area contributed by atoms with E-state index in [9.17, 15) is 5.11 Å². The van der Waals surface area contributed by atoms with Crippen LogP contribution >= 0.6 is 0 Å². The molecule has 0 aliphatic heterocycles. The lowest BCUT2D eigenvalue weighted by Gasteiger charge is -2.33. The van der Waals surface area contributed by atoms with Crippen LogP contribution in [-0.4, -0.2) is 37.4 Å². The average Bonchev–Trinajstić information content (AvgIpc) is 2.04. The Hall–Kier alpha value is -0.120. The molecule has 1 rings (SSSR count). The van der Waals surface area contributed by atoms with Crippen LogP contribution in [0.2, 0.25) is 0 Å². The smallest absolute Gasteiger partial charge is 0.0556 e. The van der Waals surface area contributed by atoms with E-state index in [0.717, 1.165) is 19.3 Å². The lowest BCUT2D eigenvalue weighted by atomic mass is 9.88. The summed E-state index contributed by atoms with van der Waals surface area (Å²) in [7, 11) is 3.93. The van der Waals surface area contributed by atoms with Gasteiger partial charge in [0.05, 0.1) is 6.10 Å². The zero-order chi connectivity index (χ0) is 8.27. The van der Waals surface area contributed by atoms with E-state index in [-0.39, 0.29) is 6.10 Å². The van der Waals surface area contributed by atoms with Crippen molar-refractivity contribution in [1.82, 2.24) is 10.6 Å². The molecule has 0 saturated heterocycles. The van der Waals surface area contributed by atoms with Crippen LogP contribution in [0.5, 0.6) is 0 Å². The van der Waals surface area contributed by atoms with Gasteiger partial charge in [0.2, 0.25) is 0 Å². The van der Waals surface area contributed by atoms with Crippen LogP contribution in [0.3, 0.4) is 0 Å². The third kappa shape index (κ3) is 2.15. The molecule has 3 atom stereocenters. The molecule has 1 aliphatic rings. The van der Waals surface area contributed by atoms with E-state index in [0.29, 0.717) is 12.1 Å². The summed E-state index contributed by atoms with van der Waals surface area (Å²) >= 11 is 0. The van der Waals surface area contributed by atoms with Crippen molar-refractivity contribution in [3.05, 3.63) is 0 Å². The van der Waals surface area contributed by atoms with E-state index in [4.69, 9.17) is 0 Å². The van der Waals surface area contributed by atoms with Crippen LogP contribution in [0.4, 0.5) is 0 Å². The number of likely N-dealkylation sites (N-methyl/N-ethyl adjacent to an activating group) is 2. The third-order valence-electron chi connectivity index (χ3n) is 2.56. The molecule has 0 aromatic carbocycles. The first-order chi connectivity index (χ1) is 5.27. The van der Waals surface area contributed by atoms with Crippen LogP contribution in [0.1, 0.15) is 19.3 Å². The van der Waals surface area contributed by atoms with E-state index in [1.807, 2.05) is 14.1 Å². The quantitative estimate of drug-likeness (QED) is 0.517. The van der Waals surface area contributed by atoms with Crippen molar-refractivity contribution >= 4 is 0 Å². The van der Waals surface area contributed by atoms with E-state index in [2.05, 4.69) is 10.6 Å². The number of hydrogen-bond acceptors (Lipinski definition) is 3. The number of hydrogen-bond donors (Lipinski definition) is 3. The second kappa shape index (κ2) is 4.04. The first kappa shape index (κ1) is 8.97. The summed E-state index contributed by atoms with van der Waals surface area (Å²) in [6.07, 6.45) is 2.78. The van der Waals surface area contributed by atoms with Gasteiger partial charge >= 0.3 is 0 Å². The maximum absolute atomic E-state index is 9.36. The fourth-order valence-corrected chi connectivity index (χ4v) is 1.81. The maximum atomic E-state index is 9.36. The highest BCUT2D eigenvalue weighted by atomic mass is 16.3. The second-order valence-electron chi connectivity index (χ2n) is 3.26. The Morgan fingerprint density at radius 2 is 1.73 bits per heavy atom. The van der Waals surface area contributed by atoms with Crippen molar-refractivity contribution in [2.24, 2.45) is 0 Å². The van der Waals surface area contributed by atoms with Gasteiger partial charge < -0.3 is 15.7 Å². The van der Waals surface area contributed by atoms with Crippen LogP contribution in [-0.2, 0) is 0 Å². The topological polar surface area (TPSA) is 44.3 Å². The summed E-state index contributed by atoms with van der Waals surface area (Å²) in [6.45, 7) is 0.